The summed E-state index contributed by atoms with van der Waals surface area (Å²) in [6, 6.07) is 7.82. The quantitative estimate of drug-likeness (QED) is 0.616. The minimum Gasteiger partial charge on any atom is -0.460 e. The van der Waals surface area contributed by atoms with E-state index in [4.69, 9.17) is 20.9 Å². The van der Waals surface area contributed by atoms with E-state index in [0.29, 0.717) is 17.2 Å². The second-order valence-corrected chi connectivity index (χ2v) is 6.93. The molecule has 28 heavy (non-hydrogen) atoms. The Kier molecular flexibility index (Phi) is 5.04. The molecule has 1 aliphatic rings. The fraction of sp³-hybridized carbons (Fsp3) is 0.368. The highest BCUT2D eigenvalue weighted by Crippen LogP contribution is 2.29. The van der Waals surface area contributed by atoms with Crippen molar-refractivity contribution in [3.8, 4) is 0 Å². The summed E-state index contributed by atoms with van der Waals surface area (Å²) in [7, 11) is 0. The molecule has 1 fully saturated rings. The lowest BCUT2D eigenvalue weighted by Crippen LogP contribution is -2.47. The molecule has 1 saturated heterocycles. The monoisotopic (exact) mass is 401 g/mol. The van der Waals surface area contributed by atoms with Crippen LogP contribution in [0.25, 0.3) is 11.1 Å². The Morgan fingerprint density at radius 3 is 2.50 bits per heavy atom. The van der Waals surface area contributed by atoms with Crippen LogP contribution >= 0.6 is 11.6 Å². The molecule has 0 amide bonds. The fourth-order valence-electron chi connectivity index (χ4n) is 3.31. The average molecular weight is 402 g/mol. The van der Waals surface area contributed by atoms with Gasteiger partial charge in [-0.3, -0.25) is 0 Å². The van der Waals surface area contributed by atoms with Crippen LogP contribution in [0, 0.1) is 6.92 Å². The Hall–Kier alpha value is -2.87. The third kappa shape index (κ3) is 3.47. The summed E-state index contributed by atoms with van der Waals surface area (Å²) >= 11 is 5.98. The normalized spacial score (nSPS) is 14.5. The molecule has 4 rings (SSSR count). The van der Waals surface area contributed by atoms with E-state index in [0.717, 1.165) is 42.3 Å². The highest BCUT2D eigenvalue weighted by molar-refractivity contribution is 6.30. The van der Waals surface area contributed by atoms with E-state index < -0.39 is 5.97 Å². The highest BCUT2D eigenvalue weighted by atomic mass is 35.5. The van der Waals surface area contributed by atoms with Gasteiger partial charge in [0.15, 0.2) is 0 Å². The van der Waals surface area contributed by atoms with Gasteiger partial charge in [0.2, 0.25) is 5.82 Å². The zero-order chi connectivity index (χ0) is 19.7. The maximum Gasteiger partial charge on any atom is 0.376 e. The van der Waals surface area contributed by atoms with Crippen LogP contribution in [0.15, 0.2) is 28.8 Å². The van der Waals surface area contributed by atoms with Gasteiger partial charge in [0.25, 0.3) is 5.71 Å². The average Bonchev–Trinajstić information content (AvgIpc) is 3.09. The molecule has 0 saturated carbocycles. The van der Waals surface area contributed by atoms with E-state index in [-0.39, 0.29) is 12.4 Å². The van der Waals surface area contributed by atoms with Crippen LogP contribution in [0.3, 0.4) is 0 Å². The van der Waals surface area contributed by atoms with Crippen molar-refractivity contribution in [2.75, 3.05) is 42.6 Å². The van der Waals surface area contributed by atoms with Crippen molar-refractivity contribution in [3.05, 3.63) is 40.8 Å². The minimum atomic E-state index is -0.570. The maximum absolute atomic E-state index is 12.1. The molecule has 0 N–H and O–H groups in total. The molecule has 0 atom stereocenters. The molecule has 146 valence electrons. The number of halogens is 1. The molecule has 1 aliphatic heterocycles. The van der Waals surface area contributed by atoms with Crippen LogP contribution < -0.4 is 9.80 Å². The second-order valence-electron chi connectivity index (χ2n) is 6.49. The van der Waals surface area contributed by atoms with Crippen molar-refractivity contribution in [2.24, 2.45) is 0 Å². The summed E-state index contributed by atoms with van der Waals surface area (Å²) in [6.07, 6.45) is 0. The van der Waals surface area contributed by atoms with Crippen molar-refractivity contribution in [3.63, 3.8) is 0 Å². The van der Waals surface area contributed by atoms with E-state index in [1.165, 1.54) is 0 Å². The van der Waals surface area contributed by atoms with Crippen LogP contribution in [0.2, 0.25) is 5.02 Å². The van der Waals surface area contributed by atoms with Crippen LogP contribution in [0.5, 0.6) is 0 Å². The predicted molar refractivity (Wildman–Crippen MR) is 106 cm³/mol. The summed E-state index contributed by atoms with van der Waals surface area (Å²) in [5.74, 6) is 0.0719. The van der Waals surface area contributed by atoms with E-state index in [1.807, 2.05) is 31.2 Å². The number of rotatable bonds is 4. The number of ether oxygens (including phenoxy) is 1. The number of piperazine rings is 1. The van der Waals surface area contributed by atoms with Gasteiger partial charge in [-0.05, 0) is 38.1 Å². The summed E-state index contributed by atoms with van der Waals surface area (Å²) < 4.78 is 10.3. The minimum absolute atomic E-state index is 0.0133. The van der Waals surface area contributed by atoms with E-state index in [1.54, 1.807) is 6.92 Å². The van der Waals surface area contributed by atoms with Crippen molar-refractivity contribution in [1.29, 1.82) is 0 Å². The lowest BCUT2D eigenvalue weighted by atomic mass is 10.2. The molecule has 9 heteroatoms. The number of carbonyl (C=O) groups excluding carboxylic acids is 1. The Labute approximate surface area is 167 Å². The standard InChI is InChI=1S/C19H20ClN5O3/c1-3-27-19(26)16-21-17(15-12(2)23-28-18(15)22-16)25-10-8-24(9-11-25)14-6-4-13(20)5-7-14/h4-7H,3,8-11H2,1-2H3. The van der Waals surface area contributed by atoms with Gasteiger partial charge in [0.1, 0.15) is 11.2 Å². The van der Waals surface area contributed by atoms with Crippen LogP contribution in [-0.2, 0) is 4.74 Å². The molecule has 2 aromatic heterocycles. The summed E-state index contributed by atoms with van der Waals surface area (Å²) in [6.45, 7) is 6.94. The van der Waals surface area contributed by atoms with E-state index >= 15 is 0 Å². The van der Waals surface area contributed by atoms with Gasteiger partial charge in [-0.2, -0.15) is 4.98 Å². The Morgan fingerprint density at radius 1 is 1.14 bits per heavy atom. The Balaban J connectivity index is 1.61. The molecular weight excluding hydrogens is 382 g/mol. The molecular formula is C19H20ClN5O3. The first kappa shape index (κ1) is 18.5. The SMILES string of the molecule is CCOC(=O)c1nc(N2CCN(c3ccc(Cl)cc3)CC2)c2c(C)noc2n1. The van der Waals surface area contributed by atoms with Crippen LogP contribution in [0.4, 0.5) is 11.5 Å². The number of carbonyl (C=O) groups is 1. The molecule has 0 spiro atoms. The van der Waals surface area contributed by atoms with Crippen molar-refractivity contribution in [2.45, 2.75) is 13.8 Å². The zero-order valence-corrected chi connectivity index (χ0v) is 16.4. The number of nitrogens with zero attached hydrogens (tertiary/aromatic N) is 5. The first-order chi connectivity index (χ1) is 13.6. The van der Waals surface area contributed by atoms with Crippen LogP contribution in [-0.4, -0.2) is 53.9 Å². The molecule has 8 nitrogen and oxygen atoms in total. The Morgan fingerprint density at radius 2 is 1.82 bits per heavy atom. The maximum atomic E-state index is 12.1. The largest absolute Gasteiger partial charge is 0.460 e. The number of esters is 1. The Bertz CT molecular complexity index is 997. The summed E-state index contributed by atoms with van der Waals surface area (Å²) in [5.41, 5.74) is 2.12. The van der Waals surface area contributed by atoms with Crippen molar-refractivity contribution < 1.29 is 14.1 Å². The predicted octanol–water partition coefficient (Wildman–Crippen LogP) is 3.08. The third-order valence-corrected chi connectivity index (χ3v) is 4.97. The van der Waals surface area contributed by atoms with Crippen molar-refractivity contribution >= 4 is 40.2 Å². The number of fused-ring (bicyclic) bond motifs is 1. The second kappa shape index (κ2) is 7.63. The summed E-state index contributed by atoms with van der Waals surface area (Å²) in [4.78, 5) is 25.2. The number of hydrogen-bond acceptors (Lipinski definition) is 8. The first-order valence-corrected chi connectivity index (χ1v) is 9.51. The van der Waals surface area contributed by atoms with Gasteiger partial charge < -0.3 is 19.1 Å². The van der Waals surface area contributed by atoms with Gasteiger partial charge in [-0.15, -0.1) is 0 Å². The molecule has 1 aromatic carbocycles. The number of aryl methyl sites for hydroxylation is 1. The van der Waals surface area contributed by atoms with E-state index in [2.05, 4.69) is 24.9 Å². The zero-order valence-electron chi connectivity index (χ0n) is 15.7. The van der Waals surface area contributed by atoms with Crippen LogP contribution in [0.1, 0.15) is 23.2 Å². The topological polar surface area (TPSA) is 84.6 Å². The van der Waals surface area contributed by atoms with Crippen molar-refractivity contribution in [1.82, 2.24) is 15.1 Å². The van der Waals surface area contributed by atoms with E-state index in [9.17, 15) is 4.79 Å². The summed E-state index contributed by atoms with van der Waals surface area (Å²) in [5, 5.41) is 5.44. The lowest BCUT2D eigenvalue weighted by Gasteiger charge is -2.37. The molecule has 3 aromatic rings. The molecule has 0 bridgehead atoms. The first-order valence-electron chi connectivity index (χ1n) is 9.13. The molecule has 0 radical (unpaired) electrons. The van der Waals surface area contributed by atoms with Gasteiger partial charge in [-0.1, -0.05) is 16.8 Å². The highest BCUT2D eigenvalue weighted by Gasteiger charge is 2.26. The number of benzene rings is 1. The smallest absolute Gasteiger partial charge is 0.376 e. The molecule has 0 aliphatic carbocycles. The van der Waals surface area contributed by atoms with Gasteiger partial charge >= 0.3 is 5.97 Å². The van der Waals surface area contributed by atoms with Gasteiger partial charge in [0, 0.05) is 36.9 Å². The van der Waals surface area contributed by atoms with Gasteiger partial charge in [0.05, 0.1) is 12.3 Å². The molecule has 0 unspecified atom stereocenters. The number of anilines is 2. The fourth-order valence-corrected chi connectivity index (χ4v) is 3.44. The number of hydrogen-bond donors (Lipinski definition) is 0. The van der Waals surface area contributed by atoms with Gasteiger partial charge in [-0.25, -0.2) is 9.78 Å². The molecule has 3 heterocycles. The number of aromatic nitrogens is 3. The lowest BCUT2D eigenvalue weighted by molar-refractivity contribution is 0.0512. The third-order valence-electron chi connectivity index (χ3n) is 4.72.